The lowest BCUT2D eigenvalue weighted by molar-refractivity contribution is 1.31. The van der Waals surface area contributed by atoms with E-state index in [1.54, 1.807) is 0 Å². The number of nitriles is 1. The maximum atomic E-state index is 8.32. The zero-order chi connectivity index (χ0) is 8.91. The molecular weight excluding hydrogens is 170 g/mol. The Kier molecular flexibility index (Phi) is 4.33. The molecule has 60 valence electrons. The summed E-state index contributed by atoms with van der Waals surface area (Å²) in [4.78, 5) is 0. The standard InChI is InChI=1S/C8H13NSSi/c1-8(10-7-9)5-6-11(2,3)4/h8H,1-4H3. The van der Waals surface area contributed by atoms with E-state index < -0.39 is 8.07 Å². The van der Waals surface area contributed by atoms with Crippen molar-refractivity contribution in [3.8, 4) is 16.9 Å². The average Bonchev–Trinajstić information content (AvgIpc) is 1.83. The van der Waals surface area contributed by atoms with E-state index in [1.807, 2.05) is 12.3 Å². The second-order valence-electron chi connectivity index (χ2n) is 3.37. The normalized spacial score (nSPS) is 12.6. The molecule has 0 radical (unpaired) electrons. The zero-order valence-electron chi connectivity index (χ0n) is 7.43. The van der Waals surface area contributed by atoms with Gasteiger partial charge in [-0.2, -0.15) is 5.26 Å². The molecule has 0 rings (SSSR count). The zero-order valence-corrected chi connectivity index (χ0v) is 9.25. The monoisotopic (exact) mass is 183 g/mol. The fraction of sp³-hybridized carbons (Fsp3) is 0.625. The second-order valence-corrected chi connectivity index (χ2v) is 9.25. The van der Waals surface area contributed by atoms with Crippen LogP contribution in [-0.2, 0) is 0 Å². The first kappa shape index (κ1) is 10.6. The molecule has 0 N–H and O–H groups in total. The molecule has 3 heteroatoms. The van der Waals surface area contributed by atoms with Gasteiger partial charge in [-0.25, -0.2) is 0 Å². The number of nitrogens with zero attached hydrogens (tertiary/aromatic N) is 1. The molecule has 0 aliphatic rings. The van der Waals surface area contributed by atoms with Gasteiger partial charge < -0.3 is 0 Å². The van der Waals surface area contributed by atoms with Crippen LogP contribution in [-0.4, -0.2) is 13.3 Å². The Bertz CT molecular complexity index is 213. The van der Waals surface area contributed by atoms with Crippen LogP contribution in [0, 0.1) is 22.1 Å². The molecule has 0 fully saturated rings. The van der Waals surface area contributed by atoms with Crippen LogP contribution in [0.2, 0.25) is 19.6 Å². The topological polar surface area (TPSA) is 23.8 Å². The van der Waals surface area contributed by atoms with Crippen molar-refractivity contribution in [2.75, 3.05) is 0 Å². The van der Waals surface area contributed by atoms with Crippen LogP contribution in [0.3, 0.4) is 0 Å². The van der Waals surface area contributed by atoms with Crippen molar-refractivity contribution >= 4 is 19.8 Å². The molecular formula is C8H13NSSi. The molecule has 0 saturated heterocycles. The van der Waals surface area contributed by atoms with Gasteiger partial charge in [0.15, 0.2) is 0 Å². The Morgan fingerprint density at radius 3 is 2.27 bits per heavy atom. The summed E-state index contributed by atoms with van der Waals surface area (Å²) in [5, 5.41) is 10.5. The Hall–Kier alpha value is -0.383. The average molecular weight is 183 g/mol. The Labute approximate surface area is 74.2 Å². The van der Waals surface area contributed by atoms with Crippen LogP contribution in [0.1, 0.15) is 6.92 Å². The molecule has 1 atom stereocenters. The van der Waals surface area contributed by atoms with E-state index in [9.17, 15) is 0 Å². The van der Waals surface area contributed by atoms with Gasteiger partial charge in [0.25, 0.3) is 0 Å². The predicted molar refractivity (Wildman–Crippen MR) is 53.8 cm³/mol. The van der Waals surface area contributed by atoms with E-state index in [0.29, 0.717) is 0 Å². The molecule has 1 unspecified atom stereocenters. The van der Waals surface area contributed by atoms with Gasteiger partial charge in [-0.1, -0.05) is 25.6 Å². The first-order valence-electron chi connectivity index (χ1n) is 3.53. The Morgan fingerprint density at radius 2 is 1.91 bits per heavy atom. The van der Waals surface area contributed by atoms with Crippen molar-refractivity contribution in [1.82, 2.24) is 0 Å². The predicted octanol–water partition coefficient (Wildman–Crippen LogP) is 2.47. The van der Waals surface area contributed by atoms with E-state index >= 15 is 0 Å². The van der Waals surface area contributed by atoms with E-state index in [4.69, 9.17) is 5.26 Å². The third-order valence-corrected chi connectivity index (χ3v) is 2.35. The van der Waals surface area contributed by atoms with E-state index in [0.717, 1.165) is 0 Å². The first-order chi connectivity index (χ1) is 4.95. The molecule has 0 amide bonds. The molecule has 0 heterocycles. The van der Waals surface area contributed by atoms with Gasteiger partial charge in [0.1, 0.15) is 13.5 Å². The number of hydrogen-bond acceptors (Lipinski definition) is 2. The number of rotatable bonds is 1. The lowest BCUT2D eigenvalue weighted by Crippen LogP contribution is -2.17. The molecule has 0 aliphatic heterocycles. The van der Waals surface area contributed by atoms with Crippen LogP contribution >= 0.6 is 11.8 Å². The van der Waals surface area contributed by atoms with Crippen molar-refractivity contribution in [3.05, 3.63) is 0 Å². The summed E-state index contributed by atoms with van der Waals surface area (Å²) in [6, 6.07) is 0. The van der Waals surface area contributed by atoms with Crippen molar-refractivity contribution in [2.24, 2.45) is 0 Å². The molecule has 0 bridgehead atoms. The quantitative estimate of drug-likeness (QED) is 0.354. The lowest BCUT2D eigenvalue weighted by atomic mass is 10.5. The highest BCUT2D eigenvalue weighted by atomic mass is 32.2. The van der Waals surface area contributed by atoms with Gasteiger partial charge in [0, 0.05) is 0 Å². The largest absolute Gasteiger partial charge is 0.185 e. The van der Waals surface area contributed by atoms with Crippen molar-refractivity contribution < 1.29 is 0 Å². The Balaban J connectivity index is 3.99. The van der Waals surface area contributed by atoms with Crippen LogP contribution in [0.15, 0.2) is 0 Å². The van der Waals surface area contributed by atoms with Crippen LogP contribution in [0.5, 0.6) is 0 Å². The SMILES string of the molecule is CC(C#C[Si](C)(C)C)SC#N. The highest BCUT2D eigenvalue weighted by Crippen LogP contribution is 2.06. The first-order valence-corrected chi connectivity index (χ1v) is 7.91. The molecule has 11 heavy (non-hydrogen) atoms. The number of thioether (sulfide) groups is 1. The minimum atomic E-state index is -1.23. The number of hydrogen-bond donors (Lipinski definition) is 0. The summed E-state index contributed by atoms with van der Waals surface area (Å²) >= 11 is 1.23. The van der Waals surface area contributed by atoms with Gasteiger partial charge in [-0.3, -0.25) is 0 Å². The summed E-state index contributed by atoms with van der Waals surface area (Å²) in [5.74, 6) is 3.08. The van der Waals surface area contributed by atoms with Crippen molar-refractivity contribution in [3.63, 3.8) is 0 Å². The van der Waals surface area contributed by atoms with Gasteiger partial charge in [0.2, 0.25) is 0 Å². The minimum Gasteiger partial charge on any atom is -0.185 e. The minimum absolute atomic E-state index is 0.159. The fourth-order valence-electron chi connectivity index (χ4n) is 0.427. The summed E-state index contributed by atoms with van der Waals surface area (Å²) < 4.78 is 0. The van der Waals surface area contributed by atoms with Crippen molar-refractivity contribution in [2.45, 2.75) is 31.8 Å². The van der Waals surface area contributed by atoms with E-state index in [1.165, 1.54) is 11.8 Å². The molecule has 1 nitrogen and oxygen atoms in total. The molecule has 0 saturated carbocycles. The van der Waals surface area contributed by atoms with Gasteiger partial charge in [0.05, 0.1) is 5.25 Å². The third-order valence-electron chi connectivity index (χ3n) is 0.880. The van der Waals surface area contributed by atoms with E-state index in [2.05, 4.69) is 31.1 Å². The molecule has 0 aromatic heterocycles. The van der Waals surface area contributed by atoms with Crippen LogP contribution in [0.4, 0.5) is 0 Å². The highest BCUT2D eigenvalue weighted by Gasteiger charge is 2.08. The van der Waals surface area contributed by atoms with E-state index in [-0.39, 0.29) is 5.25 Å². The third kappa shape index (κ3) is 7.51. The van der Waals surface area contributed by atoms with Crippen LogP contribution < -0.4 is 0 Å². The van der Waals surface area contributed by atoms with Gasteiger partial charge in [-0.15, -0.1) is 5.54 Å². The maximum absolute atomic E-state index is 8.32. The second kappa shape index (κ2) is 4.49. The molecule has 0 aliphatic carbocycles. The molecule has 0 spiro atoms. The summed E-state index contributed by atoms with van der Waals surface area (Å²) in [6.07, 6.45) is 0. The van der Waals surface area contributed by atoms with Gasteiger partial charge >= 0.3 is 0 Å². The maximum Gasteiger partial charge on any atom is 0.134 e. The molecule has 0 aromatic carbocycles. The van der Waals surface area contributed by atoms with Crippen molar-refractivity contribution in [1.29, 1.82) is 5.26 Å². The lowest BCUT2D eigenvalue weighted by Gasteiger charge is -2.04. The van der Waals surface area contributed by atoms with Gasteiger partial charge in [-0.05, 0) is 18.7 Å². The summed E-state index contributed by atoms with van der Waals surface area (Å²) in [5.41, 5.74) is 3.22. The smallest absolute Gasteiger partial charge is 0.134 e. The molecule has 0 aromatic rings. The summed E-state index contributed by atoms with van der Waals surface area (Å²) in [7, 11) is -1.23. The Morgan fingerprint density at radius 1 is 1.36 bits per heavy atom. The fourth-order valence-corrected chi connectivity index (χ4v) is 1.46. The highest BCUT2D eigenvalue weighted by molar-refractivity contribution is 8.04. The summed E-state index contributed by atoms with van der Waals surface area (Å²) in [6.45, 7) is 8.55. The van der Waals surface area contributed by atoms with Crippen LogP contribution in [0.25, 0.3) is 0 Å². The number of thiocyanates is 1.